The number of rotatable bonds is 4. The molecule has 20 heavy (non-hydrogen) atoms. The Hall–Kier alpha value is -2.20. The van der Waals surface area contributed by atoms with E-state index in [0.717, 1.165) is 11.1 Å². The van der Waals surface area contributed by atoms with Gasteiger partial charge in [-0.15, -0.1) is 0 Å². The van der Waals surface area contributed by atoms with Crippen molar-refractivity contribution in [2.45, 2.75) is 13.0 Å². The Morgan fingerprint density at radius 2 is 1.90 bits per heavy atom. The summed E-state index contributed by atoms with van der Waals surface area (Å²) in [5.74, 6) is -0.508. The molecule has 0 fully saturated rings. The van der Waals surface area contributed by atoms with Crippen LogP contribution in [0.25, 0.3) is 11.1 Å². The van der Waals surface area contributed by atoms with Crippen molar-refractivity contribution < 1.29 is 14.6 Å². The molecular formula is C15H14ClNO3. The minimum Gasteiger partial charge on any atom is -0.479 e. The van der Waals surface area contributed by atoms with Crippen molar-refractivity contribution in [3.63, 3.8) is 0 Å². The van der Waals surface area contributed by atoms with E-state index in [2.05, 4.69) is 0 Å². The minimum atomic E-state index is -1.00. The Labute approximate surface area is 121 Å². The second-order valence-corrected chi connectivity index (χ2v) is 4.77. The number of ether oxygens (including phenoxy) is 1. The molecule has 4 nitrogen and oxygen atoms in total. The fourth-order valence-electron chi connectivity index (χ4n) is 1.73. The van der Waals surface area contributed by atoms with E-state index < -0.39 is 12.1 Å². The highest BCUT2D eigenvalue weighted by Gasteiger charge is 2.12. The van der Waals surface area contributed by atoms with E-state index in [1.807, 2.05) is 18.2 Å². The van der Waals surface area contributed by atoms with E-state index >= 15 is 0 Å². The predicted molar refractivity (Wildman–Crippen MR) is 79.0 cm³/mol. The first-order chi connectivity index (χ1) is 9.47. The Kier molecular flexibility index (Phi) is 4.15. The van der Waals surface area contributed by atoms with Gasteiger partial charge in [0.1, 0.15) is 5.75 Å². The Bertz CT molecular complexity index is 626. The maximum absolute atomic E-state index is 10.7. The molecule has 2 aromatic rings. The molecule has 1 unspecified atom stereocenters. The summed E-state index contributed by atoms with van der Waals surface area (Å²) >= 11 is 6.14. The van der Waals surface area contributed by atoms with E-state index in [4.69, 9.17) is 27.2 Å². The number of carboxylic acid groups (broad SMARTS) is 1. The van der Waals surface area contributed by atoms with Crippen LogP contribution in [0.3, 0.4) is 0 Å². The van der Waals surface area contributed by atoms with Gasteiger partial charge in [-0.3, -0.25) is 0 Å². The van der Waals surface area contributed by atoms with Crippen molar-refractivity contribution in [3.05, 3.63) is 47.5 Å². The number of carboxylic acids is 1. The number of nitrogens with two attached hydrogens (primary N) is 1. The Morgan fingerprint density at radius 1 is 1.25 bits per heavy atom. The fraction of sp³-hybridized carbons (Fsp3) is 0.133. The lowest BCUT2D eigenvalue weighted by Crippen LogP contribution is -2.22. The lowest BCUT2D eigenvalue weighted by atomic mass is 10.1. The monoisotopic (exact) mass is 291 g/mol. The molecule has 1 atom stereocenters. The van der Waals surface area contributed by atoms with Gasteiger partial charge in [-0.2, -0.15) is 0 Å². The average molecular weight is 292 g/mol. The third-order valence-corrected chi connectivity index (χ3v) is 3.13. The zero-order chi connectivity index (χ0) is 14.7. The molecular weight excluding hydrogens is 278 g/mol. The number of benzene rings is 2. The number of nitrogen functional groups attached to an aromatic ring is 1. The smallest absolute Gasteiger partial charge is 0.344 e. The van der Waals surface area contributed by atoms with Crippen LogP contribution in [0.4, 0.5) is 5.69 Å². The Balaban J connectivity index is 2.21. The Morgan fingerprint density at radius 3 is 2.45 bits per heavy atom. The lowest BCUT2D eigenvalue weighted by Gasteiger charge is -2.11. The quantitative estimate of drug-likeness (QED) is 0.846. The number of hydrogen-bond donors (Lipinski definition) is 2. The van der Waals surface area contributed by atoms with Gasteiger partial charge >= 0.3 is 5.97 Å². The normalized spacial score (nSPS) is 11.9. The molecule has 0 saturated carbocycles. The second-order valence-electron chi connectivity index (χ2n) is 4.36. The zero-order valence-corrected chi connectivity index (χ0v) is 11.6. The van der Waals surface area contributed by atoms with E-state index in [1.165, 1.54) is 6.92 Å². The molecule has 0 aliphatic carbocycles. The molecule has 5 heteroatoms. The summed E-state index contributed by atoms with van der Waals surface area (Å²) in [4.78, 5) is 10.7. The summed E-state index contributed by atoms with van der Waals surface area (Å²) in [5.41, 5.74) is 8.03. The fourth-order valence-corrected chi connectivity index (χ4v) is 2.03. The highest BCUT2D eigenvalue weighted by Crippen LogP contribution is 2.30. The predicted octanol–water partition coefficient (Wildman–Crippen LogP) is 3.44. The van der Waals surface area contributed by atoms with Gasteiger partial charge in [0.2, 0.25) is 0 Å². The number of halogens is 1. The highest BCUT2D eigenvalue weighted by molar-refractivity contribution is 6.33. The first kappa shape index (κ1) is 14.2. The summed E-state index contributed by atoms with van der Waals surface area (Å²) in [5, 5.41) is 9.35. The number of carbonyl (C=O) groups is 1. The molecule has 0 aliphatic rings. The van der Waals surface area contributed by atoms with Crippen LogP contribution in [0.2, 0.25) is 5.02 Å². The van der Waals surface area contributed by atoms with Crippen LogP contribution in [-0.2, 0) is 4.79 Å². The van der Waals surface area contributed by atoms with Gasteiger partial charge in [0.05, 0.1) is 5.02 Å². The third kappa shape index (κ3) is 3.22. The molecule has 0 spiro atoms. The van der Waals surface area contributed by atoms with E-state index in [1.54, 1.807) is 24.3 Å². The van der Waals surface area contributed by atoms with Crippen molar-refractivity contribution in [1.29, 1.82) is 0 Å². The van der Waals surface area contributed by atoms with Crippen LogP contribution < -0.4 is 10.5 Å². The maximum atomic E-state index is 10.7. The zero-order valence-electron chi connectivity index (χ0n) is 10.8. The number of aliphatic carboxylic acids is 1. The summed E-state index contributed by atoms with van der Waals surface area (Å²) in [6, 6.07) is 12.4. The molecule has 0 saturated heterocycles. The summed E-state index contributed by atoms with van der Waals surface area (Å²) in [6.07, 6.45) is -0.888. The molecule has 2 rings (SSSR count). The molecule has 3 N–H and O–H groups in total. The summed E-state index contributed by atoms with van der Waals surface area (Å²) in [6.45, 7) is 1.48. The lowest BCUT2D eigenvalue weighted by molar-refractivity contribution is -0.144. The van der Waals surface area contributed by atoms with Gasteiger partial charge in [0.25, 0.3) is 0 Å². The van der Waals surface area contributed by atoms with E-state index in [9.17, 15) is 4.79 Å². The first-order valence-electron chi connectivity index (χ1n) is 6.02. The summed E-state index contributed by atoms with van der Waals surface area (Å²) in [7, 11) is 0. The van der Waals surface area contributed by atoms with Crippen molar-refractivity contribution in [2.75, 3.05) is 5.73 Å². The highest BCUT2D eigenvalue weighted by atomic mass is 35.5. The molecule has 0 bridgehead atoms. The molecule has 104 valence electrons. The van der Waals surface area contributed by atoms with E-state index in [-0.39, 0.29) is 0 Å². The molecule has 0 aromatic heterocycles. The van der Waals surface area contributed by atoms with Crippen molar-refractivity contribution >= 4 is 23.3 Å². The van der Waals surface area contributed by atoms with Crippen LogP contribution in [0.5, 0.6) is 5.75 Å². The average Bonchev–Trinajstić information content (AvgIpc) is 2.40. The topological polar surface area (TPSA) is 72.5 Å². The minimum absolute atomic E-state index is 0.496. The van der Waals surface area contributed by atoms with Gasteiger partial charge in [0.15, 0.2) is 6.10 Å². The van der Waals surface area contributed by atoms with Gasteiger partial charge in [-0.25, -0.2) is 4.79 Å². The van der Waals surface area contributed by atoms with Gasteiger partial charge in [-0.1, -0.05) is 29.8 Å². The number of anilines is 1. The van der Waals surface area contributed by atoms with Crippen LogP contribution in [-0.4, -0.2) is 17.2 Å². The van der Waals surface area contributed by atoms with Crippen molar-refractivity contribution in [1.82, 2.24) is 0 Å². The first-order valence-corrected chi connectivity index (χ1v) is 6.40. The molecule has 0 radical (unpaired) electrons. The SMILES string of the molecule is CC(Oc1ccc(-c2ccc(N)cc2Cl)cc1)C(=O)O. The largest absolute Gasteiger partial charge is 0.479 e. The summed E-state index contributed by atoms with van der Waals surface area (Å²) < 4.78 is 5.26. The van der Waals surface area contributed by atoms with Gasteiger partial charge in [0, 0.05) is 11.3 Å². The van der Waals surface area contributed by atoms with Crippen molar-refractivity contribution in [2.24, 2.45) is 0 Å². The van der Waals surface area contributed by atoms with Crippen LogP contribution in [0.15, 0.2) is 42.5 Å². The standard InChI is InChI=1S/C15H14ClNO3/c1-9(15(18)19)20-12-5-2-10(3-6-12)13-7-4-11(17)8-14(13)16/h2-9H,17H2,1H3,(H,18,19). The van der Waals surface area contributed by atoms with Crippen LogP contribution in [0.1, 0.15) is 6.92 Å². The molecule has 0 aliphatic heterocycles. The maximum Gasteiger partial charge on any atom is 0.344 e. The third-order valence-electron chi connectivity index (χ3n) is 2.82. The molecule has 0 heterocycles. The van der Waals surface area contributed by atoms with Crippen molar-refractivity contribution in [3.8, 4) is 16.9 Å². The molecule has 0 amide bonds. The second kappa shape index (κ2) is 5.84. The van der Waals surface area contributed by atoms with Crippen LogP contribution in [0, 0.1) is 0 Å². The van der Waals surface area contributed by atoms with E-state index in [0.29, 0.717) is 16.5 Å². The van der Waals surface area contributed by atoms with Gasteiger partial charge in [-0.05, 0) is 36.8 Å². The van der Waals surface area contributed by atoms with Crippen LogP contribution >= 0.6 is 11.6 Å². The van der Waals surface area contributed by atoms with Gasteiger partial charge < -0.3 is 15.6 Å². The molecule has 2 aromatic carbocycles. The number of hydrogen-bond acceptors (Lipinski definition) is 3.